The van der Waals surface area contributed by atoms with Crippen molar-refractivity contribution in [2.24, 2.45) is 0 Å². The molecule has 3 aromatic rings. The second-order valence-electron chi connectivity index (χ2n) is 7.77. The third kappa shape index (κ3) is 5.51. The average molecular weight is 483 g/mol. The summed E-state index contributed by atoms with van der Waals surface area (Å²) in [5.74, 6) is 1.25. The van der Waals surface area contributed by atoms with E-state index < -0.39 is 0 Å². The molecule has 2 N–H and O–H groups in total. The quantitative estimate of drug-likeness (QED) is 0.397. The van der Waals surface area contributed by atoms with E-state index in [0.29, 0.717) is 45.4 Å². The van der Waals surface area contributed by atoms with Crippen LogP contribution in [-0.4, -0.2) is 31.3 Å². The summed E-state index contributed by atoms with van der Waals surface area (Å²) in [5.41, 5.74) is 3.16. The minimum Gasteiger partial charge on any atom is -0.495 e. The van der Waals surface area contributed by atoms with Crippen molar-refractivity contribution in [3.63, 3.8) is 0 Å². The molecule has 33 heavy (non-hydrogen) atoms. The van der Waals surface area contributed by atoms with E-state index in [1.54, 1.807) is 18.3 Å². The fourth-order valence-corrected chi connectivity index (χ4v) is 4.40. The Labute approximate surface area is 203 Å². The van der Waals surface area contributed by atoms with E-state index in [1.165, 1.54) is 26.1 Å². The molecule has 1 saturated heterocycles. The number of hydrogen-bond acceptors (Lipinski definition) is 6. The Balaban J connectivity index is 1.62. The van der Waals surface area contributed by atoms with Crippen LogP contribution in [-0.2, 0) is 0 Å². The second kappa shape index (κ2) is 10.8. The van der Waals surface area contributed by atoms with Crippen molar-refractivity contribution >= 4 is 34.6 Å². The van der Waals surface area contributed by atoms with Crippen molar-refractivity contribution in [1.29, 1.82) is 5.26 Å². The Bertz CT molecular complexity index is 1170. The van der Waals surface area contributed by atoms with Gasteiger partial charge in [0.15, 0.2) is 0 Å². The van der Waals surface area contributed by atoms with Crippen LogP contribution < -0.4 is 20.1 Å². The molecule has 2 heterocycles. The van der Waals surface area contributed by atoms with Gasteiger partial charge in [0.25, 0.3) is 0 Å². The Morgan fingerprint density at radius 3 is 2.85 bits per heavy atom. The van der Waals surface area contributed by atoms with Crippen LogP contribution in [0.4, 0.5) is 11.4 Å². The van der Waals surface area contributed by atoms with Gasteiger partial charge in [0.1, 0.15) is 17.6 Å². The number of hydrogen-bond donors (Lipinski definition) is 2. The van der Waals surface area contributed by atoms with Crippen LogP contribution in [0.15, 0.2) is 48.8 Å². The molecular formula is C25H24Cl2N4O2. The molecule has 1 unspecified atom stereocenters. The summed E-state index contributed by atoms with van der Waals surface area (Å²) < 4.78 is 11.3. The molecule has 1 aromatic heterocycles. The predicted molar refractivity (Wildman–Crippen MR) is 132 cm³/mol. The first-order valence-electron chi connectivity index (χ1n) is 10.7. The van der Waals surface area contributed by atoms with Crippen molar-refractivity contribution in [3.05, 3.63) is 64.4 Å². The minimum atomic E-state index is 0.385. The number of aromatic nitrogens is 1. The highest BCUT2D eigenvalue weighted by molar-refractivity contribution is 6.37. The monoisotopic (exact) mass is 482 g/mol. The number of halogens is 2. The lowest BCUT2D eigenvalue weighted by molar-refractivity contribution is 0.292. The largest absolute Gasteiger partial charge is 0.495 e. The normalized spacial score (nSPS) is 15.2. The SMILES string of the molecule is COc1cc(Nc2c(C#N)cncc2-c2cccc(OCCC3CCCN3)c2)c(Cl)cc1Cl. The number of anilines is 2. The summed E-state index contributed by atoms with van der Waals surface area (Å²) >= 11 is 12.6. The van der Waals surface area contributed by atoms with E-state index in [9.17, 15) is 5.26 Å². The lowest BCUT2D eigenvalue weighted by atomic mass is 10.0. The lowest BCUT2D eigenvalue weighted by Gasteiger charge is -2.17. The number of methoxy groups -OCH3 is 1. The molecule has 170 valence electrons. The van der Waals surface area contributed by atoms with E-state index in [1.807, 2.05) is 24.3 Å². The van der Waals surface area contributed by atoms with Gasteiger partial charge in [0.2, 0.25) is 0 Å². The molecule has 1 atom stereocenters. The van der Waals surface area contributed by atoms with Crippen LogP contribution in [0, 0.1) is 11.3 Å². The van der Waals surface area contributed by atoms with Gasteiger partial charge in [-0.2, -0.15) is 5.26 Å². The zero-order valence-electron chi connectivity index (χ0n) is 18.2. The number of rotatable bonds is 8. The highest BCUT2D eigenvalue weighted by atomic mass is 35.5. The highest BCUT2D eigenvalue weighted by Crippen LogP contribution is 2.39. The summed E-state index contributed by atoms with van der Waals surface area (Å²) in [7, 11) is 1.53. The van der Waals surface area contributed by atoms with Crippen LogP contribution in [0.5, 0.6) is 11.5 Å². The van der Waals surface area contributed by atoms with Gasteiger partial charge >= 0.3 is 0 Å². The van der Waals surface area contributed by atoms with E-state index in [-0.39, 0.29) is 0 Å². The number of ether oxygens (including phenoxy) is 2. The van der Waals surface area contributed by atoms with Crippen molar-refractivity contribution in [3.8, 4) is 28.7 Å². The molecule has 1 aliphatic heterocycles. The van der Waals surface area contributed by atoms with Crippen LogP contribution >= 0.6 is 23.2 Å². The van der Waals surface area contributed by atoms with Gasteiger partial charge in [-0.05, 0) is 49.6 Å². The lowest BCUT2D eigenvalue weighted by Crippen LogP contribution is -2.23. The molecule has 0 amide bonds. The maximum atomic E-state index is 9.72. The molecule has 0 bridgehead atoms. The molecule has 0 saturated carbocycles. The average Bonchev–Trinajstić information content (AvgIpc) is 3.34. The zero-order chi connectivity index (χ0) is 23.2. The van der Waals surface area contributed by atoms with Crippen molar-refractivity contribution in [2.45, 2.75) is 25.3 Å². The van der Waals surface area contributed by atoms with Gasteiger partial charge in [-0.15, -0.1) is 0 Å². The van der Waals surface area contributed by atoms with E-state index in [0.717, 1.165) is 29.8 Å². The van der Waals surface area contributed by atoms with Crippen LogP contribution in [0.3, 0.4) is 0 Å². The Kier molecular flexibility index (Phi) is 7.56. The third-order valence-corrected chi connectivity index (χ3v) is 6.22. The summed E-state index contributed by atoms with van der Waals surface area (Å²) in [6.45, 7) is 1.73. The van der Waals surface area contributed by atoms with Gasteiger partial charge in [0.05, 0.1) is 40.7 Å². The minimum absolute atomic E-state index is 0.385. The Morgan fingerprint density at radius 1 is 1.21 bits per heavy atom. The summed E-state index contributed by atoms with van der Waals surface area (Å²) in [6.07, 6.45) is 6.62. The van der Waals surface area contributed by atoms with E-state index >= 15 is 0 Å². The van der Waals surface area contributed by atoms with Crippen LogP contribution in [0.1, 0.15) is 24.8 Å². The zero-order valence-corrected chi connectivity index (χ0v) is 19.7. The van der Waals surface area contributed by atoms with E-state index in [2.05, 4.69) is 21.7 Å². The Morgan fingerprint density at radius 2 is 2.09 bits per heavy atom. The molecule has 0 radical (unpaired) electrons. The number of pyridine rings is 1. The number of nitriles is 1. The number of nitrogens with zero attached hydrogens (tertiary/aromatic N) is 2. The maximum absolute atomic E-state index is 9.72. The predicted octanol–water partition coefficient (Wildman–Crippen LogP) is 6.20. The first kappa shape index (κ1) is 23.2. The van der Waals surface area contributed by atoms with Gasteiger partial charge in [0, 0.05) is 30.1 Å². The highest BCUT2D eigenvalue weighted by Gasteiger charge is 2.16. The van der Waals surface area contributed by atoms with Gasteiger partial charge in [-0.3, -0.25) is 4.98 Å². The van der Waals surface area contributed by atoms with E-state index in [4.69, 9.17) is 32.7 Å². The fourth-order valence-electron chi connectivity index (χ4n) is 3.89. The summed E-state index contributed by atoms with van der Waals surface area (Å²) in [4.78, 5) is 4.26. The van der Waals surface area contributed by atoms with Crippen molar-refractivity contribution in [2.75, 3.05) is 25.6 Å². The molecular weight excluding hydrogens is 459 g/mol. The molecule has 1 aliphatic rings. The molecule has 0 spiro atoms. The molecule has 0 aliphatic carbocycles. The van der Waals surface area contributed by atoms with Gasteiger partial charge < -0.3 is 20.1 Å². The molecule has 4 rings (SSSR count). The van der Waals surface area contributed by atoms with Crippen LogP contribution in [0.2, 0.25) is 10.0 Å². The summed E-state index contributed by atoms with van der Waals surface area (Å²) in [5, 5.41) is 17.3. The first-order chi connectivity index (χ1) is 16.1. The van der Waals surface area contributed by atoms with Gasteiger partial charge in [-0.25, -0.2) is 0 Å². The molecule has 2 aromatic carbocycles. The van der Waals surface area contributed by atoms with Gasteiger partial charge in [-0.1, -0.05) is 35.3 Å². The topological polar surface area (TPSA) is 79.2 Å². The standard InChI is InChI=1S/C25H24Cl2N4O2/c1-32-24-12-23(21(26)11-22(24)27)31-25-17(13-28)14-29-15-20(25)16-4-2-6-19(10-16)33-9-7-18-5-3-8-30-18/h2,4,6,10-12,14-15,18,30H,3,5,7-9H2,1H3,(H,29,31). The Hall–Kier alpha value is -2.98. The number of benzene rings is 2. The van der Waals surface area contributed by atoms with Crippen molar-refractivity contribution < 1.29 is 9.47 Å². The second-order valence-corrected chi connectivity index (χ2v) is 8.59. The smallest absolute Gasteiger partial charge is 0.139 e. The van der Waals surface area contributed by atoms with Crippen LogP contribution in [0.25, 0.3) is 11.1 Å². The number of nitrogens with one attached hydrogen (secondary N) is 2. The molecule has 6 nitrogen and oxygen atoms in total. The molecule has 1 fully saturated rings. The maximum Gasteiger partial charge on any atom is 0.139 e. The fraction of sp³-hybridized carbons (Fsp3) is 0.280. The molecule has 8 heteroatoms. The van der Waals surface area contributed by atoms with Crippen molar-refractivity contribution in [1.82, 2.24) is 10.3 Å². The summed E-state index contributed by atoms with van der Waals surface area (Å²) in [6, 6.07) is 13.8. The first-order valence-corrected chi connectivity index (χ1v) is 11.5. The third-order valence-electron chi connectivity index (χ3n) is 5.61.